The molecule has 1 atom stereocenters. The highest BCUT2D eigenvalue weighted by Gasteiger charge is 2.35. The highest BCUT2D eigenvalue weighted by molar-refractivity contribution is 5.70. The van der Waals surface area contributed by atoms with Crippen LogP contribution in [0.3, 0.4) is 0 Å². The summed E-state index contributed by atoms with van der Waals surface area (Å²) in [7, 11) is 3.20. The number of hydrogen-bond donors (Lipinski definition) is 1. The van der Waals surface area contributed by atoms with Crippen LogP contribution in [0.1, 0.15) is 12.5 Å². The number of carbonyl (C=O) groups excluding carboxylic acids is 1. The van der Waals surface area contributed by atoms with Crippen molar-refractivity contribution in [3.63, 3.8) is 0 Å². The Morgan fingerprint density at radius 3 is 2.61 bits per heavy atom. The molecule has 1 amide bonds. The molecule has 0 aromatic heterocycles. The molecule has 98 valence electrons. The van der Waals surface area contributed by atoms with E-state index in [0.717, 1.165) is 5.56 Å². The lowest BCUT2D eigenvalue weighted by molar-refractivity contribution is 0.0724. The first-order valence-electron chi connectivity index (χ1n) is 5.74. The smallest absolute Gasteiger partial charge is 0.407 e. The first-order chi connectivity index (χ1) is 8.56. The van der Waals surface area contributed by atoms with Gasteiger partial charge in [0.05, 0.1) is 20.8 Å². The fourth-order valence-corrected chi connectivity index (χ4v) is 2.08. The average molecular weight is 251 g/mol. The van der Waals surface area contributed by atoms with E-state index in [-0.39, 0.29) is 6.09 Å². The van der Waals surface area contributed by atoms with Crippen LogP contribution in [0, 0.1) is 0 Å². The van der Waals surface area contributed by atoms with Crippen molar-refractivity contribution in [3.05, 3.63) is 23.8 Å². The topological polar surface area (TPSA) is 56.8 Å². The van der Waals surface area contributed by atoms with Crippen molar-refractivity contribution >= 4 is 6.09 Å². The van der Waals surface area contributed by atoms with Gasteiger partial charge in [0.1, 0.15) is 5.60 Å². The fourth-order valence-electron chi connectivity index (χ4n) is 2.08. The molecule has 1 saturated heterocycles. The fraction of sp³-hybridized carbons (Fsp3) is 0.462. The molecule has 1 aromatic rings. The van der Waals surface area contributed by atoms with Crippen LogP contribution in [-0.4, -0.2) is 32.5 Å². The molecule has 1 aliphatic heterocycles. The number of amides is 1. The van der Waals surface area contributed by atoms with Crippen LogP contribution < -0.4 is 14.8 Å². The largest absolute Gasteiger partial charge is 0.493 e. The molecule has 0 unspecified atom stereocenters. The maximum Gasteiger partial charge on any atom is 0.407 e. The van der Waals surface area contributed by atoms with E-state index in [4.69, 9.17) is 14.2 Å². The molecule has 1 heterocycles. The average Bonchev–Trinajstić information content (AvgIpc) is 2.68. The van der Waals surface area contributed by atoms with Gasteiger partial charge in [-0.25, -0.2) is 4.79 Å². The van der Waals surface area contributed by atoms with Gasteiger partial charge < -0.3 is 19.5 Å². The van der Waals surface area contributed by atoms with E-state index in [1.807, 2.05) is 25.1 Å². The molecular formula is C13H17NO4. The highest BCUT2D eigenvalue weighted by Crippen LogP contribution is 2.30. The van der Waals surface area contributed by atoms with Gasteiger partial charge in [-0.3, -0.25) is 0 Å². The predicted molar refractivity (Wildman–Crippen MR) is 66.1 cm³/mol. The summed E-state index contributed by atoms with van der Waals surface area (Å²) >= 11 is 0. The minimum Gasteiger partial charge on any atom is -0.493 e. The van der Waals surface area contributed by atoms with Crippen LogP contribution in [0.2, 0.25) is 0 Å². The van der Waals surface area contributed by atoms with Crippen LogP contribution >= 0.6 is 0 Å². The SMILES string of the molecule is COc1ccc(C[C@@]2(C)CNC(=O)O2)cc1OC. The lowest BCUT2D eigenvalue weighted by atomic mass is 9.96. The molecule has 5 nitrogen and oxygen atoms in total. The Balaban J connectivity index is 2.17. The third kappa shape index (κ3) is 2.50. The zero-order valence-corrected chi connectivity index (χ0v) is 10.8. The Hall–Kier alpha value is -1.91. The van der Waals surface area contributed by atoms with E-state index in [0.29, 0.717) is 24.5 Å². The molecule has 2 rings (SSSR count). The van der Waals surface area contributed by atoms with Gasteiger partial charge in [0.2, 0.25) is 0 Å². The Labute approximate surface area is 106 Å². The molecule has 0 saturated carbocycles. The second-order valence-electron chi connectivity index (χ2n) is 4.56. The number of nitrogens with one attached hydrogen (secondary N) is 1. The van der Waals surface area contributed by atoms with Crippen molar-refractivity contribution in [1.29, 1.82) is 0 Å². The van der Waals surface area contributed by atoms with Gasteiger partial charge in [-0.15, -0.1) is 0 Å². The van der Waals surface area contributed by atoms with Crippen LogP contribution in [-0.2, 0) is 11.2 Å². The summed E-state index contributed by atoms with van der Waals surface area (Å²) < 4.78 is 15.7. The third-order valence-corrected chi connectivity index (χ3v) is 2.97. The first-order valence-corrected chi connectivity index (χ1v) is 5.74. The standard InChI is InChI=1S/C13H17NO4/c1-13(8-14-12(15)18-13)7-9-4-5-10(16-2)11(6-9)17-3/h4-6H,7-8H2,1-3H3,(H,14,15)/t13-/m0/s1. The van der Waals surface area contributed by atoms with E-state index < -0.39 is 5.60 Å². The van der Waals surface area contributed by atoms with Crippen molar-refractivity contribution < 1.29 is 19.0 Å². The Morgan fingerprint density at radius 1 is 1.33 bits per heavy atom. The van der Waals surface area contributed by atoms with E-state index in [1.165, 1.54) is 0 Å². The molecule has 1 aliphatic rings. The van der Waals surface area contributed by atoms with Gasteiger partial charge in [0.15, 0.2) is 11.5 Å². The van der Waals surface area contributed by atoms with E-state index >= 15 is 0 Å². The Morgan fingerprint density at radius 2 is 2.06 bits per heavy atom. The van der Waals surface area contributed by atoms with Crippen molar-refractivity contribution in [2.45, 2.75) is 18.9 Å². The van der Waals surface area contributed by atoms with E-state index in [1.54, 1.807) is 14.2 Å². The molecular weight excluding hydrogens is 234 g/mol. The quantitative estimate of drug-likeness (QED) is 0.885. The van der Waals surface area contributed by atoms with Gasteiger partial charge in [-0.2, -0.15) is 0 Å². The third-order valence-electron chi connectivity index (χ3n) is 2.97. The molecule has 5 heteroatoms. The minimum absolute atomic E-state index is 0.363. The highest BCUT2D eigenvalue weighted by atomic mass is 16.6. The van der Waals surface area contributed by atoms with Crippen molar-refractivity contribution in [3.8, 4) is 11.5 Å². The number of carbonyl (C=O) groups is 1. The zero-order chi connectivity index (χ0) is 13.2. The van der Waals surface area contributed by atoms with Gasteiger partial charge >= 0.3 is 6.09 Å². The van der Waals surface area contributed by atoms with Crippen molar-refractivity contribution in [2.24, 2.45) is 0 Å². The number of rotatable bonds is 4. The van der Waals surface area contributed by atoms with Gasteiger partial charge in [-0.05, 0) is 24.6 Å². The Kier molecular flexibility index (Phi) is 3.32. The summed E-state index contributed by atoms with van der Waals surface area (Å²) in [5.74, 6) is 1.36. The molecule has 18 heavy (non-hydrogen) atoms. The molecule has 1 fully saturated rings. The molecule has 0 bridgehead atoms. The number of hydrogen-bond acceptors (Lipinski definition) is 4. The number of cyclic esters (lactones) is 1. The normalized spacial score (nSPS) is 22.3. The Bertz CT molecular complexity index is 460. The zero-order valence-electron chi connectivity index (χ0n) is 10.8. The lowest BCUT2D eigenvalue weighted by Gasteiger charge is -2.21. The second kappa shape index (κ2) is 4.76. The monoisotopic (exact) mass is 251 g/mol. The summed E-state index contributed by atoms with van der Waals surface area (Å²) in [5.41, 5.74) is 0.531. The van der Waals surface area contributed by atoms with Gasteiger partial charge in [0, 0.05) is 6.42 Å². The molecule has 0 aliphatic carbocycles. The lowest BCUT2D eigenvalue weighted by Crippen LogP contribution is -2.31. The summed E-state index contributed by atoms with van der Waals surface area (Å²) in [6.07, 6.45) is 0.268. The summed E-state index contributed by atoms with van der Waals surface area (Å²) in [6.45, 7) is 2.42. The van der Waals surface area contributed by atoms with Gasteiger partial charge in [-0.1, -0.05) is 6.07 Å². The van der Waals surface area contributed by atoms with E-state index in [2.05, 4.69) is 5.32 Å². The van der Waals surface area contributed by atoms with Crippen LogP contribution in [0.15, 0.2) is 18.2 Å². The van der Waals surface area contributed by atoms with Gasteiger partial charge in [0.25, 0.3) is 0 Å². The summed E-state index contributed by atoms with van der Waals surface area (Å²) in [5, 5.41) is 2.66. The first kappa shape index (κ1) is 12.5. The second-order valence-corrected chi connectivity index (χ2v) is 4.56. The number of alkyl carbamates (subject to hydrolysis) is 1. The maximum absolute atomic E-state index is 11.1. The molecule has 0 spiro atoms. The summed E-state index contributed by atoms with van der Waals surface area (Å²) in [4.78, 5) is 11.1. The summed E-state index contributed by atoms with van der Waals surface area (Å²) in [6, 6.07) is 5.69. The molecule has 0 radical (unpaired) electrons. The van der Waals surface area contributed by atoms with Crippen LogP contribution in [0.25, 0.3) is 0 Å². The number of methoxy groups -OCH3 is 2. The van der Waals surface area contributed by atoms with Crippen LogP contribution in [0.5, 0.6) is 11.5 Å². The van der Waals surface area contributed by atoms with E-state index in [9.17, 15) is 4.79 Å². The van der Waals surface area contributed by atoms with Crippen molar-refractivity contribution in [1.82, 2.24) is 5.32 Å². The van der Waals surface area contributed by atoms with Crippen LogP contribution in [0.4, 0.5) is 4.79 Å². The molecule has 1 N–H and O–H groups in total. The molecule has 1 aromatic carbocycles. The predicted octanol–water partition coefficient (Wildman–Crippen LogP) is 1.74. The number of benzene rings is 1. The maximum atomic E-state index is 11.1. The minimum atomic E-state index is -0.503. The number of ether oxygens (including phenoxy) is 3. The van der Waals surface area contributed by atoms with Crippen molar-refractivity contribution in [2.75, 3.05) is 20.8 Å².